The monoisotopic (exact) mass is 368 g/mol. The van der Waals surface area contributed by atoms with Crippen molar-refractivity contribution >= 4 is 11.6 Å². The number of nitrogens with zero attached hydrogens (tertiary/aromatic N) is 1. The van der Waals surface area contributed by atoms with Crippen molar-refractivity contribution in [2.75, 3.05) is 32.2 Å². The highest BCUT2D eigenvalue weighted by molar-refractivity contribution is 5.79. The lowest BCUT2D eigenvalue weighted by atomic mass is 10.0. The number of carbonyl (C=O) groups excluding carboxylic acids is 1. The number of amides is 1. The summed E-state index contributed by atoms with van der Waals surface area (Å²) in [5.41, 5.74) is 3.41. The molecule has 1 amide bonds. The number of aryl methyl sites for hydroxylation is 1. The molecule has 1 heterocycles. The van der Waals surface area contributed by atoms with E-state index in [-0.39, 0.29) is 11.9 Å². The maximum absolute atomic E-state index is 12.5. The van der Waals surface area contributed by atoms with Crippen LogP contribution < -0.4 is 19.7 Å². The lowest BCUT2D eigenvalue weighted by Gasteiger charge is -2.34. The summed E-state index contributed by atoms with van der Waals surface area (Å²) in [6.45, 7) is 4.03. The van der Waals surface area contributed by atoms with Gasteiger partial charge in [0.15, 0.2) is 0 Å². The summed E-state index contributed by atoms with van der Waals surface area (Å²) in [6.07, 6.45) is 2.23. The molecule has 144 valence electrons. The first-order valence-corrected chi connectivity index (χ1v) is 9.41. The highest BCUT2D eigenvalue weighted by Crippen LogP contribution is 2.25. The summed E-state index contributed by atoms with van der Waals surface area (Å²) in [4.78, 5) is 14.9. The maximum Gasteiger partial charge on any atom is 0.224 e. The zero-order valence-electron chi connectivity index (χ0n) is 16.3. The van der Waals surface area contributed by atoms with Gasteiger partial charge in [-0.1, -0.05) is 18.2 Å². The molecule has 0 aliphatic carbocycles. The molecular weight excluding hydrogens is 340 g/mol. The fraction of sp³-hybridized carbons (Fsp3) is 0.409. The van der Waals surface area contributed by atoms with Gasteiger partial charge < -0.3 is 19.7 Å². The zero-order valence-corrected chi connectivity index (χ0v) is 16.3. The van der Waals surface area contributed by atoms with E-state index < -0.39 is 0 Å². The van der Waals surface area contributed by atoms with Gasteiger partial charge in [-0.15, -0.1) is 0 Å². The first kappa shape index (κ1) is 19.1. The van der Waals surface area contributed by atoms with E-state index in [1.165, 1.54) is 11.3 Å². The first-order chi connectivity index (χ1) is 13.1. The second-order valence-corrected chi connectivity index (χ2v) is 7.02. The van der Waals surface area contributed by atoms with Crippen molar-refractivity contribution in [3.8, 4) is 11.5 Å². The normalized spacial score (nSPS) is 14.7. The number of methoxy groups -OCH3 is 2. The van der Waals surface area contributed by atoms with Crippen molar-refractivity contribution in [2.45, 2.75) is 32.2 Å². The third kappa shape index (κ3) is 4.94. The van der Waals surface area contributed by atoms with Crippen molar-refractivity contribution in [2.24, 2.45) is 0 Å². The molecule has 0 bridgehead atoms. The average molecular weight is 368 g/mol. The summed E-state index contributed by atoms with van der Waals surface area (Å²) < 4.78 is 10.6. The van der Waals surface area contributed by atoms with Gasteiger partial charge >= 0.3 is 0 Å². The standard InChI is InChI=1S/C22H28N2O3/c1-16-5-4-6-19(13-16)24-11-9-18(10-12-24)23-22(25)14-17-7-8-20(26-2)15-21(17)27-3/h4-8,13,15,18H,9-12,14H2,1-3H3,(H,23,25). The third-order valence-corrected chi connectivity index (χ3v) is 5.07. The maximum atomic E-state index is 12.5. The molecule has 0 aromatic heterocycles. The van der Waals surface area contributed by atoms with Crippen molar-refractivity contribution < 1.29 is 14.3 Å². The molecule has 0 radical (unpaired) electrons. The Kier molecular flexibility index (Phi) is 6.22. The van der Waals surface area contributed by atoms with Crippen LogP contribution >= 0.6 is 0 Å². The van der Waals surface area contributed by atoms with E-state index in [0.29, 0.717) is 12.2 Å². The molecule has 3 rings (SSSR count). The lowest BCUT2D eigenvalue weighted by molar-refractivity contribution is -0.121. The zero-order chi connectivity index (χ0) is 19.2. The number of anilines is 1. The molecule has 1 fully saturated rings. The smallest absolute Gasteiger partial charge is 0.224 e. The molecular formula is C22H28N2O3. The van der Waals surface area contributed by atoms with Crippen LogP contribution in [0.3, 0.4) is 0 Å². The minimum atomic E-state index is 0.0347. The van der Waals surface area contributed by atoms with Crippen LogP contribution in [-0.4, -0.2) is 39.3 Å². The fourth-order valence-electron chi connectivity index (χ4n) is 3.56. The third-order valence-electron chi connectivity index (χ3n) is 5.07. The van der Waals surface area contributed by atoms with Crippen molar-refractivity contribution in [3.05, 3.63) is 53.6 Å². The molecule has 0 atom stereocenters. The highest BCUT2D eigenvalue weighted by atomic mass is 16.5. The topological polar surface area (TPSA) is 50.8 Å². The van der Waals surface area contributed by atoms with Crippen LogP contribution in [0.1, 0.15) is 24.0 Å². The Morgan fingerprint density at radius 3 is 2.56 bits per heavy atom. The molecule has 5 nitrogen and oxygen atoms in total. The number of hydrogen-bond acceptors (Lipinski definition) is 4. The first-order valence-electron chi connectivity index (χ1n) is 9.41. The Morgan fingerprint density at radius 2 is 1.89 bits per heavy atom. The molecule has 1 N–H and O–H groups in total. The van der Waals surface area contributed by atoms with Crippen molar-refractivity contribution in [3.63, 3.8) is 0 Å². The summed E-state index contributed by atoms with van der Waals surface area (Å²) >= 11 is 0. The van der Waals surface area contributed by atoms with E-state index in [0.717, 1.165) is 37.2 Å². The average Bonchev–Trinajstić information content (AvgIpc) is 2.68. The van der Waals surface area contributed by atoms with Gasteiger partial charge in [0, 0.05) is 36.4 Å². The lowest BCUT2D eigenvalue weighted by Crippen LogP contribution is -2.45. The fourth-order valence-corrected chi connectivity index (χ4v) is 3.56. The number of nitrogens with one attached hydrogen (secondary N) is 1. The predicted molar refractivity (Wildman–Crippen MR) is 108 cm³/mol. The molecule has 5 heteroatoms. The van der Waals surface area contributed by atoms with E-state index in [4.69, 9.17) is 9.47 Å². The Hall–Kier alpha value is -2.69. The van der Waals surface area contributed by atoms with E-state index in [2.05, 4.69) is 41.4 Å². The van der Waals surface area contributed by atoms with Gasteiger partial charge in [-0.3, -0.25) is 4.79 Å². The predicted octanol–water partition coefficient (Wildman–Crippen LogP) is 3.34. The van der Waals surface area contributed by atoms with E-state index in [1.807, 2.05) is 18.2 Å². The van der Waals surface area contributed by atoms with Gasteiger partial charge in [-0.05, 0) is 43.5 Å². The number of benzene rings is 2. The molecule has 0 spiro atoms. The SMILES string of the molecule is COc1ccc(CC(=O)NC2CCN(c3cccc(C)c3)CC2)c(OC)c1. The molecule has 2 aromatic carbocycles. The summed E-state index contributed by atoms with van der Waals surface area (Å²) in [6, 6.07) is 14.4. The van der Waals surface area contributed by atoms with Crippen LogP contribution in [0.4, 0.5) is 5.69 Å². The quantitative estimate of drug-likeness (QED) is 0.850. The Morgan fingerprint density at radius 1 is 1.11 bits per heavy atom. The van der Waals surface area contributed by atoms with Crippen molar-refractivity contribution in [1.29, 1.82) is 0 Å². The molecule has 1 saturated heterocycles. The molecule has 0 saturated carbocycles. The van der Waals surface area contributed by atoms with Gasteiger partial charge in [0.2, 0.25) is 5.91 Å². The summed E-state index contributed by atoms with van der Waals surface area (Å²) in [5, 5.41) is 3.18. The highest BCUT2D eigenvalue weighted by Gasteiger charge is 2.21. The second kappa shape index (κ2) is 8.80. The van der Waals surface area contributed by atoms with Crippen LogP contribution in [0.25, 0.3) is 0 Å². The molecule has 2 aromatic rings. The number of ether oxygens (including phenoxy) is 2. The van der Waals surface area contributed by atoms with E-state index in [9.17, 15) is 4.79 Å². The van der Waals surface area contributed by atoms with E-state index >= 15 is 0 Å². The number of rotatable bonds is 6. The summed E-state index contributed by atoms with van der Waals surface area (Å²) in [5.74, 6) is 1.44. The molecule has 27 heavy (non-hydrogen) atoms. The van der Waals surface area contributed by atoms with Crippen LogP contribution in [-0.2, 0) is 11.2 Å². The second-order valence-electron chi connectivity index (χ2n) is 7.02. The van der Waals surface area contributed by atoms with Gasteiger partial charge in [0.05, 0.1) is 20.6 Å². The largest absolute Gasteiger partial charge is 0.497 e. The van der Waals surface area contributed by atoms with Gasteiger partial charge in [-0.25, -0.2) is 0 Å². The summed E-state index contributed by atoms with van der Waals surface area (Å²) in [7, 11) is 3.22. The van der Waals surface area contributed by atoms with Crippen LogP contribution in [0, 0.1) is 6.92 Å². The molecule has 0 unspecified atom stereocenters. The Balaban J connectivity index is 1.52. The number of piperidine rings is 1. The van der Waals surface area contributed by atoms with Gasteiger partial charge in [0.25, 0.3) is 0 Å². The van der Waals surface area contributed by atoms with Crippen LogP contribution in [0.5, 0.6) is 11.5 Å². The van der Waals surface area contributed by atoms with Crippen LogP contribution in [0.15, 0.2) is 42.5 Å². The number of carbonyl (C=O) groups is 1. The van der Waals surface area contributed by atoms with E-state index in [1.54, 1.807) is 14.2 Å². The number of hydrogen-bond donors (Lipinski definition) is 1. The Labute approximate surface area is 161 Å². The molecule has 1 aliphatic heterocycles. The van der Waals surface area contributed by atoms with Crippen molar-refractivity contribution in [1.82, 2.24) is 5.32 Å². The Bertz CT molecular complexity index is 783. The molecule has 1 aliphatic rings. The minimum Gasteiger partial charge on any atom is -0.497 e. The van der Waals surface area contributed by atoms with Crippen LogP contribution in [0.2, 0.25) is 0 Å². The van der Waals surface area contributed by atoms with Gasteiger partial charge in [-0.2, -0.15) is 0 Å². The van der Waals surface area contributed by atoms with Gasteiger partial charge in [0.1, 0.15) is 11.5 Å². The minimum absolute atomic E-state index is 0.0347.